The molecule has 1 aliphatic rings. The lowest BCUT2D eigenvalue weighted by molar-refractivity contribution is 0.0551. The number of rotatable bonds is 7. The summed E-state index contributed by atoms with van der Waals surface area (Å²) >= 11 is 0. The Balaban J connectivity index is 1.34. The molecule has 1 aromatic heterocycles. The second kappa shape index (κ2) is 10.2. The van der Waals surface area contributed by atoms with Crippen molar-refractivity contribution in [2.45, 2.75) is 33.7 Å². The van der Waals surface area contributed by atoms with Crippen LogP contribution in [0.1, 0.15) is 48.6 Å². The molecule has 4 rings (SSSR count). The number of piperazine rings is 1. The first-order valence-electron chi connectivity index (χ1n) is 11.6. The lowest BCUT2D eigenvalue weighted by Crippen LogP contribution is -2.49. The minimum atomic E-state index is -0.0123. The normalized spacial score (nSPS) is 15.6. The molecule has 0 saturated carbocycles. The van der Waals surface area contributed by atoms with E-state index < -0.39 is 0 Å². The van der Waals surface area contributed by atoms with Gasteiger partial charge >= 0.3 is 0 Å². The summed E-state index contributed by atoms with van der Waals surface area (Å²) in [5.41, 5.74) is 2.80. The Hall–Kier alpha value is -3.19. The van der Waals surface area contributed by atoms with Crippen molar-refractivity contribution in [3.8, 4) is 17.1 Å². The number of aryl methyl sites for hydroxylation is 1. The third-order valence-electron chi connectivity index (χ3n) is 5.92. The Bertz CT molecular complexity index is 1070. The Labute approximate surface area is 195 Å². The van der Waals surface area contributed by atoms with Crippen LogP contribution in [0.3, 0.4) is 0 Å². The van der Waals surface area contributed by atoms with Gasteiger partial charge in [-0.2, -0.15) is 4.98 Å². The van der Waals surface area contributed by atoms with Crippen LogP contribution < -0.4 is 4.74 Å². The highest BCUT2D eigenvalue weighted by Crippen LogP contribution is 2.24. The molecule has 0 N–H and O–H groups in total. The van der Waals surface area contributed by atoms with E-state index >= 15 is 0 Å². The summed E-state index contributed by atoms with van der Waals surface area (Å²) < 4.78 is 11.3. The average Bonchev–Trinajstić information content (AvgIpc) is 3.33. The quantitative estimate of drug-likeness (QED) is 0.526. The molecule has 3 aromatic rings. The smallest absolute Gasteiger partial charge is 0.254 e. The maximum Gasteiger partial charge on any atom is 0.254 e. The molecule has 1 saturated heterocycles. The molecular formula is C26H32N4O3. The first-order valence-corrected chi connectivity index (χ1v) is 11.6. The molecule has 0 radical (unpaired) electrons. The monoisotopic (exact) mass is 448 g/mol. The van der Waals surface area contributed by atoms with Crippen LogP contribution in [0.25, 0.3) is 11.4 Å². The van der Waals surface area contributed by atoms with E-state index in [0.29, 0.717) is 42.9 Å². The fourth-order valence-corrected chi connectivity index (χ4v) is 3.86. The van der Waals surface area contributed by atoms with Crippen molar-refractivity contribution in [2.24, 2.45) is 5.92 Å². The largest absolute Gasteiger partial charge is 0.493 e. The van der Waals surface area contributed by atoms with Gasteiger partial charge in [0.1, 0.15) is 5.75 Å². The second-order valence-corrected chi connectivity index (χ2v) is 9.06. The summed E-state index contributed by atoms with van der Waals surface area (Å²) in [7, 11) is 0. The molecule has 33 heavy (non-hydrogen) atoms. The molecule has 2 aromatic carbocycles. The zero-order chi connectivity index (χ0) is 23.4. The Morgan fingerprint density at radius 1 is 1.06 bits per heavy atom. The maximum absolute atomic E-state index is 13.0. The van der Waals surface area contributed by atoms with Crippen molar-refractivity contribution in [2.75, 3.05) is 32.8 Å². The van der Waals surface area contributed by atoms with E-state index in [9.17, 15) is 4.79 Å². The van der Waals surface area contributed by atoms with E-state index in [1.54, 1.807) is 0 Å². The van der Waals surface area contributed by atoms with Gasteiger partial charge < -0.3 is 14.2 Å². The van der Waals surface area contributed by atoms with E-state index in [1.807, 2.05) is 53.4 Å². The van der Waals surface area contributed by atoms with Gasteiger partial charge in [-0.25, -0.2) is 0 Å². The topological polar surface area (TPSA) is 71.7 Å². The van der Waals surface area contributed by atoms with Gasteiger partial charge in [0, 0.05) is 37.3 Å². The van der Waals surface area contributed by atoms with Crippen molar-refractivity contribution in [1.82, 2.24) is 19.9 Å². The Morgan fingerprint density at radius 3 is 2.48 bits per heavy atom. The summed E-state index contributed by atoms with van der Waals surface area (Å²) in [5, 5.41) is 4.16. The molecule has 174 valence electrons. The zero-order valence-corrected chi connectivity index (χ0v) is 19.8. The lowest BCUT2D eigenvalue weighted by Gasteiger charge is -2.36. The fraction of sp³-hybridized carbons (Fsp3) is 0.423. The summed E-state index contributed by atoms with van der Waals surface area (Å²) in [6.07, 6.45) is 0. The van der Waals surface area contributed by atoms with Crippen LogP contribution in [0.2, 0.25) is 0 Å². The first-order chi connectivity index (χ1) is 15.9. The number of amides is 1. The summed E-state index contributed by atoms with van der Waals surface area (Å²) in [5.74, 6) is 2.41. The number of hydrogen-bond donors (Lipinski definition) is 0. The van der Waals surface area contributed by atoms with E-state index in [-0.39, 0.29) is 11.9 Å². The molecule has 0 spiro atoms. The van der Waals surface area contributed by atoms with E-state index in [2.05, 4.69) is 42.7 Å². The average molecular weight is 449 g/mol. The van der Waals surface area contributed by atoms with Crippen LogP contribution in [-0.4, -0.2) is 58.6 Å². The number of carbonyl (C=O) groups is 1. The van der Waals surface area contributed by atoms with Crippen LogP contribution in [0.15, 0.2) is 53.1 Å². The molecule has 0 aliphatic carbocycles. The Morgan fingerprint density at radius 2 is 1.79 bits per heavy atom. The van der Waals surface area contributed by atoms with Crippen LogP contribution in [0.5, 0.6) is 5.75 Å². The molecule has 1 unspecified atom stereocenters. The predicted molar refractivity (Wildman–Crippen MR) is 127 cm³/mol. The number of nitrogens with zero attached hydrogens (tertiary/aromatic N) is 4. The van der Waals surface area contributed by atoms with Crippen molar-refractivity contribution in [3.63, 3.8) is 0 Å². The van der Waals surface area contributed by atoms with Gasteiger partial charge in [0.2, 0.25) is 11.7 Å². The molecule has 1 aliphatic heterocycles. The predicted octanol–water partition coefficient (Wildman–Crippen LogP) is 4.60. The number of aromatic nitrogens is 2. The standard InChI is InChI=1S/C26H32N4O3/c1-18(2)17-32-23-7-5-6-22(16-23)26(31)30-14-12-29(13-15-30)20(4)25-27-24(28-33-25)21-10-8-19(3)9-11-21/h5-11,16,18,20H,12-15,17H2,1-4H3. The molecule has 7 heteroatoms. The number of benzene rings is 2. The van der Waals surface area contributed by atoms with E-state index in [4.69, 9.17) is 9.26 Å². The highest BCUT2D eigenvalue weighted by molar-refractivity contribution is 5.94. The van der Waals surface area contributed by atoms with Gasteiger partial charge in [-0.1, -0.05) is 54.9 Å². The SMILES string of the molecule is Cc1ccc(-c2noc(C(C)N3CCN(C(=O)c4cccc(OCC(C)C)c4)CC3)n2)cc1. The molecular weight excluding hydrogens is 416 g/mol. The third kappa shape index (κ3) is 5.60. The van der Waals surface area contributed by atoms with Gasteiger partial charge in [-0.3, -0.25) is 9.69 Å². The van der Waals surface area contributed by atoms with Gasteiger partial charge in [0.25, 0.3) is 5.91 Å². The van der Waals surface area contributed by atoms with Crippen molar-refractivity contribution < 1.29 is 14.1 Å². The number of ether oxygens (including phenoxy) is 1. The van der Waals surface area contributed by atoms with Crippen molar-refractivity contribution in [1.29, 1.82) is 0 Å². The minimum absolute atomic E-state index is 0.0123. The van der Waals surface area contributed by atoms with E-state index in [0.717, 1.165) is 24.4 Å². The maximum atomic E-state index is 13.0. The van der Waals surface area contributed by atoms with Gasteiger partial charge in [0.05, 0.1) is 12.6 Å². The third-order valence-corrected chi connectivity index (χ3v) is 5.92. The molecule has 1 amide bonds. The summed E-state index contributed by atoms with van der Waals surface area (Å²) in [4.78, 5) is 21.8. The molecule has 0 bridgehead atoms. The summed E-state index contributed by atoms with van der Waals surface area (Å²) in [6, 6.07) is 15.5. The fourth-order valence-electron chi connectivity index (χ4n) is 3.86. The Kier molecular flexibility index (Phi) is 7.08. The molecule has 2 heterocycles. The molecule has 1 fully saturated rings. The second-order valence-electron chi connectivity index (χ2n) is 9.06. The van der Waals surface area contributed by atoms with Gasteiger partial charge in [-0.15, -0.1) is 0 Å². The van der Waals surface area contributed by atoms with E-state index in [1.165, 1.54) is 5.56 Å². The van der Waals surface area contributed by atoms with Gasteiger partial charge in [0.15, 0.2) is 0 Å². The number of hydrogen-bond acceptors (Lipinski definition) is 6. The van der Waals surface area contributed by atoms with Crippen LogP contribution in [0.4, 0.5) is 0 Å². The molecule has 1 atom stereocenters. The molecule has 7 nitrogen and oxygen atoms in total. The summed E-state index contributed by atoms with van der Waals surface area (Å²) in [6.45, 7) is 11.8. The van der Waals surface area contributed by atoms with Gasteiger partial charge in [-0.05, 0) is 38.0 Å². The first kappa shape index (κ1) is 23.0. The highest BCUT2D eigenvalue weighted by Gasteiger charge is 2.28. The minimum Gasteiger partial charge on any atom is -0.493 e. The van der Waals surface area contributed by atoms with Crippen molar-refractivity contribution in [3.05, 3.63) is 65.5 Å². The van der Waals surface area contributed by atoms with Crippen LogP contribution in [-0.2, 0) is 0 Å². The highest BCUT2D eigenvalue weighted by atomic mass is 16.5. The zero-order valence-electron chi connectivity index (χ0n) is 19.8. The van der Waals surface area contributed by atoms with Crippen LogP contribution in [0, 0.1) is 12.8 Å². The number of carbonyl (C=O) groups excluding carboxylic acids is 1. The van der Waals surface area contributed by atoms with Crippen LogP contribution >= 0.6 is 0 Å². The van der Waals surface area contributed by atoms with Crippen molar-refractivity contribution >= 4 is 5.91 Å². The lowest BCUT2D eigenvalue weighted by atomic mass is 10.1.